The van der Waals surface area contributed by atoms with E-state index in [0.29, 0.717) is 26.2 Å². The van der Waals surface area contributed by atoms with E-state index in [9.17, 15) is 4.79 Å². The van der Waals surface area contributed by atoms with E-state index in [0.717, 1.165) is 5.56 Å². The molecule has 0 radical (unpaired) electrons. The van der Waals surface area contributed by atoms with Crippen LogP contribution in [0.25, 0.3) is 0 Å². The molecule has 0 bridgehead atoms. The van der Waals surface area contributed by atoms with E-state index in [1.807, 2.05) is 30.3 Å². The number of hydrogen-bond acceptors (Lipinski definition) is 5. The summed E-state index contributed by atoms with van der Waals surface area (Å²) in [6, 6.07) is 9.23. The Morgan fingerprint density at radius 1 is 1.33 bits per heavy atom. The van der Waals surface area contributed by atoms with Crippen LogP contribution in [0.4, 0.5) is 0 Å². The lowest BCUT2D eigenvalue weighted by atomic mass is 10.2. The van der Waals surface area contributed by atoms with Gasteiger partial charge in [-0.1, -0.05) is 30.3 Å². The first-order chi connectivity index (χ1) is 9.66. The van der Waals surface area contributed by atoms with Gasteiger partial charge in [0.1, 0.15) is 18.2 Å². The molecular weight excluding hydrogens is 294 g/mol. The second-order valence-electron chi connectivity index (χ2n) is 4.95. The van der Waals surface area contributed by atoms with Crippen molar-refractivity contribution in [2.75, 3.05) is 13.2 Å². The molecule has 0 saturated carbocycles. The van der Waals surface area contributed by atoms with Gasteiger partial charge in [-0.2, -0.15) is 0 Å². The van der Waals surface area contributed by atoms with Crippen molar-refractivity contribution in [2.24, 2.45) is 5.73 Å². The van der Waals surface area contributed by atoms with Crippen LogP contribution in [0.15, 0.2) is 30.3 Å². The first-order valence-corrected chi connectivity index (χ1v) is 6.86. The number of halogens is 1. The number of nitrogens with two attached hydrogens (primary N) is 1. The third kappa shape index (κ3) is 5.63. The Bertz CT molecular complexity index is 429. The summed E-state index contributed by atoms with van der Waals surface area (Å²) in [6.07, 6.45) is -0.198. The van der Waals surface area contributed by atoms with Crippen LogP contribution >= 0.6 is 12.4 Å². The largest absolute Gasteiger partial charge is 0.459 e. The van der Waals surface area contributed by atoms with Gasteiger partial charge in [-0.3, -0.25) is 4.79 Å². The van der Waals surface area contributed by atoms with Crippen molar-refractivity contribution in [2.45, 2.75) is 38.2 Å². The second kappa shape index (κ2) is 9.00. The molecule has 118 valence electrons. The molecule has 3 atom stereocenters. The summed E-state index contributed by atoms with van der Waals surface area (Å²) in [5.74, 6) is -0.392. The summed E-state index contributed by atoms with van der Waals surface area (Å²) in [5.41, 5.74) is 6.77. The molecule has 2 N–H and O–H groups in total. The number of benzene rings is 1. The Morgan fingerprint density at radius 2 is 2.05 bits per heavy atom. The number of rotatable bonds is 3. The van der Waals surface area contributed by atoms with E-state index in [-0.39, 0.29) is 24.6 Å². The number of esters is 1. The van der Waals surface area contributed by atoms with Crippen molar-refractivity contribution in [3.63, 3.8) is 0 Å². The fraction of sp³-hybridized carbons (Fsp3) is 0.533. The lowest BCUT2D eigenvalue weighted by Gasteiger charge is -2.23. The molecular formula is C15H22ClNO4. The summed E-state index contributed by atoms with van der Waals surface area (Å²) in [6.45, 7) is 3.10. The zero-order valence-electron chi connectivity index (χ0n) is 12.1. The van der Waals surface area contributed by atoms with E-state index in [4.69, 9.17) is 19.9 Å². The van der Waals surface area contributed by atoms with Crippen LogP contribution in [0, 0.1) is 0 Å². The fourth-order valence-corrected chi connectivity index (χ4v) is 1.97. The molecule has 1 aliphatic heterocycles. The zero-order chi connectivity index (χ0) is 14.4. The van der Waals surface area contributed by atoms with E-state index >= 15 is 0 Å². The summed E-state index contributed by atoms with van der Waals surface area (Å²) < 4.78 is 16.6. The van der Waals surface area contributed by atoms with E-state index in [1.165, 1.54) is 0 Å². The minimum absolute atomic E-state index is 0. The molecule has 1 heterocycles. The number of carbonyl (C=O) groups excluding carboxylic acids is 1. The Morgan fingerprint density at radius 3 is 2.76 bits per heavy atom. The average Bonchev–Trinajstić information content (AvgIpc) is 2.51. The van der Waals surface area contributed by atoms with E-state index in [1.54, 1.807) is 6.92 Å². The average molecular weight is 316 g/mol. The molecule has 1 saturated heterocycles. The van der Waals surface area contributed by atoms with Crippen LogP contribution in [0.3, 0.4) is 0 Å². The smallest absolute Gasteiger partial charge is 0.323 e. The summed E-state index contributed by atoms with van der Waals surface area (Å²) in [7, 11) is 0. The highest BCUT2D eigenvalue weighted by Gasteiger charge is 2.27. The minimum atomic E-state index is -0.620. The van der Waals surface area contributed by atoms with Gasteiger partial charge in [0, 0.05) is 6.61 Å². The van der Waals surface area contributed by atoms with Gasteiger partial charge < -0.3 is 19.9 Å². The van der Waals surface area contributed by atoms with Gasteiger partial charge in [-0.25, -0.2) is 0 Å². The number of hydrogen-bond donors (Lipinski definition) is 1. The Hall–Kier alpha value is -1.14. The third-order valence-corrected chi connectivity index (χ3v) is 3.29. The number of cyclic esters (lactones) is 1. The molecule has 2 rings (SSSR count). The standard InChI is InChI=1S/C15H21NO4.ClH/c1-11-14(19-9-12-5-3-2-4-6-12)10-18-8-7-13(16)15(17)20-11;/h2-6,11,13-14H,7-10,16H2,1H3;1H/t11-,13-,14+;/m0./s1. The van der Waals surface area contributed by atoms with Crippen LogP contribution in [0.5, 0.6) is 0 Å². The summed E-state index contributed by atoms with van der Waals surface area (Å²) >= 11 is 0. The first kappa shape index (κ1) is 17.9. The summed E-state index contributed by atoms with van der Waals surface area (Å²) in [4.78, 5) is 11.7. The van der Waals surface area contributed by atoms with Gasteiger partial charge in [-0.15, -0.1) is 12.4 Å². The molecule has 0 spiro atoms. The van der Waals surface area contributed by atoms with Crippen LogP contribution in [0.1, 0.15) is 18.9 Å². The second-order valence-corrected chi connectivity index (χ2v) is 4.95. The van der Waals surface area contributed by atoms with Gasteiger partial charge in [0.05, 0.1) is 13.2 Å². The molecule has 6 heteroatoms. The number of ether oxygens (including phenoxy) is 3. The predicted molar refractivity (Wildman–Crippen MR) is 81.2 cm³/mol. The number of carbonyl (C=O) groups is 1. The normalized spacial score (nSPS) is 26.8. The lowest BCUT2D eigenvalue weighted by molar-refractivity contribution is -0.159. The molecule has 21 heavy (non-hydrogen) atoms. The molecule has 1 aromatic rings. The van der Waals surface area contributed by atoms with Crippen molar-refractivity contribution in [1.29, 1.82) is 0 Å². The SMILES string of the molecule is C[C@@H]1OC(=O)[C@@H](N)CCOC[C@H]1OCc1ccccc1.Cl. The van der Waals surface area contributed by atoms with Gasteiger partial charge in [0.25, 0.3) is 0 Å². The van der Waals surface area contributed by atoms with E-state index < -0.39 is 12.0 Å². The zero-order valence-corrected chi connectivity index (χ0v) is 12.9. The van der Waals surface area contributed by atoms with Gasteiger partial charge in [0.15, 0.2) is 0 Å². The summed E-state index contributed by atoms with van der Waals surface area (Å²) in [5, 5.41) is 0. The quantitative estimate of drug-likeness (QED) is 0.859. The van der Waals surface area contributed by atoms with Crippen molar-refractivity contribution < 1.29 is 19.0 Å². The highest BCUT2D eigenvalue weighted by Crippen LogP contribution is 2.12. The molecule has 0 aliphatic carbocycles. The Balaban J connectivity index is 0.00000220. The molecule has 0 aromatic heterocycles. The Labute approximate surface area is 131 Å². The lowest BCUT2D eigenvalue weighted by Crippen LogP contribution is -2.38. The van der Waals surface area contributed by atoms with Crippen molar-refractivity contribution >= 4 is 18.4 Å². The van der Waals surface area contributed by atoms with Crippen LogP contribution in [0.2, 0.25) is 0 Å². The highest BCUT2D eigenvalue weighted by atomic mass is 35.5. The van der Waals surface area contributed by atoms with Gasteiger partial charge in [-0.05, 0) is 18.9 Å². The van der Waals surface area contributed by atoms with Crippen molar-refractivity contribution in [3.8, 4) is 0 Å². The van der Waals surface area contributed by atoms with Crippen molar-refractivity contribution in [1.82, 2.24) is 0 Å². The fourth-order valence-electron chi connectivity index (χ4n) is 1.97. The molecule has 1 fully saturated rings. The van der Waals surface area contributed by atoms with Gasteiger partial charge >= 0.3 is 5.97 Å². The first-order valence-electron chi connectivity index (χ1n) is 6.86. The minimum Gasteiger partial charge on any atom is -0.459 e. The van der Waals surface area contributed by atoms with Crippen molar-refractivity contribution in [3.05, 3.63) is 35.9 Å². The maximum atomic E-state index is 11.7. The molecule has 0 amide bonds. The third-order valence-electron chi connectivity index (χ3n) is 3.29. The Kier molecular flexibility index (Phi) is 7.67. The topological polar surface area (TPSA) is 70.8 Å². The maximum absolute atomic E-state index is 11.7. The molecule has 0 unspecified atom stereocenters. The predicted octanol–water partition coefficient (Wildman–Crippen LogP) is 1.67. The van der Waals surface area contributed by atoms with Crippen LogP contribution in [-0.2, 0) is 25.6 Å². The molecule has 1 aromatic carbocycles. The monoisotopic (exact) mass is 315 g/mol. The van der Waals surface area contributed by atoms with E-state index in [2.05, 4.69) is 0 Å². The van der Waals surface area contributed by atoms with Crippen LogP contribution in [-0.4, -0.2) is 37.4 Å². The van der Waals surface area contributed by atoms with Crippen LogP contribution < -0.4 is 5.73 Å². The van der Waals surface area contributed by atoms with Gasteiger partial charge in [0.2, 0.25) is 0 Å². The highest BCUT2D eigenvalue weighted by molar-refractivity contribution is 5.85. The maximum Gasteiger partial charge on any atom is 0.323 e. The molecule has 1 aliphatic rings. The molecule has 5 nitrogen and oxygen atoms in total.